The zero-order valence-electron chi connectivity index (χ0n) is 12.2. The van der Waals surface area contributed by atoms with Crippen LogP contribution in [0.3, 0.4) is 0 Å². The van der Waals surface area contributed by atoms with Crippen LogP contribution in [-0.2, 0) is 9.53 Å². The number of methoxy groups -OCH3 is 1. The molecule has 0 aliphatic rings. The zero-order valence-corrected chi connectivity index (χ0v) is 13.0. The molecule has 0 aliphatic heterocycles. The van der Waals surface area contributed by atoms with E-state index in [4.69, 9.17) is 16.3 Å². The van der Waals surface area contributed by atoms with Gasteiger partial charge < -0.3 is 20.7 Å². The van der Waals surface area contributed by atoms with E-state index in [-0.39, 0.29) is 11.1 Å². The number of pyridine rings is 1. The van der Waals surface area contributed by atoms with Gasteiger partial charge in [0.1, 0.15) is 17.0 Å². The summed E-state index contributed by atoms with van der Waals surface area (Å²) in [7, 11) is 3.22. The number of amides is 2. The molecule has 0 spiro atoms. The Morgan fingerprint density at radius 2 is 2.14 bits per heavy atom. The van der Waals surface area contributed by atoms with Crippen LogP contribution in [-0.4, -0.2) is 50.1 Å². The summed E-state index contributed by atoms with van der Waals surface area (Å²) in [6, 6.07) is 2.32. The van der Waals surface area contributed by atoms with Crippen LogP contribution in [0.1, 0.15) is 17.3 Å². The smallest absolute Gasteiger partial charge is 0.252 e. The highest BCUT2D eigenvalue weighted by Crippen LogP contribution is 2.14. The van der Waals surface area contributed by atoms with Gasteiger partial charge in [0.05, 0.1) is 6.61 Å². The molecule has 3 N–H and O–H groups in total. The van der Waals surface area contributed by atoms with Crippen molar-refractivity contribution in [1.29, 1.82) is 0 Å². The summed E-state index contributed by atoms with van der Waals surface area (Å²) in [5, 5.41) is 8.24. The van der Waals surface area contributed by atoms with Crippen LogP contribution in [0.5, 0.6) is 0 Å². The quantitative estimate of drug-likeness (QED) is 0.508. The lowest BCUT2D eigenvalue weighted by Gasteiger charge is -2.14. The minimum atomic E-state index is -0.667. The molecule has 1 aromatic heterocycles. The van der Waals surface area contributed by atoms with E-state index in [1.54, 1.807) is 27.1 Å². The van der Waals surface area contributed by atoms with Crippen molar-refractivity contribution >= 4 is 29.2 Å². The highest BCUT2D eigenvalue weighted by atomic mass is 35.5. The summed E-state index contributed by atoms with van der Waals surface area (Å²) in [6.45, 7) is 2.40. The molecule has 1 heterocycles. The second-order valence-electron chi connectivity index (χ2n) is 4.29. The average Bonchev–Trinajstić information content (AvgIpc) is 2.46. The molecule has 8 heteroatoms. The Morgan fingerprint density at radius 1 is 1.43 bits per heavy atom. The molecule has 0 fully saturated rings. The number of hydrogen-bond acceptors (Lipinski definition) is 5. The first-order chi connectivity index (χ1) is 9.97. The molecule has 0 aromatic carbocycles. The van der Waals surface area contributed by atoms with E-state index in [9.17, 15) is 9.59 Å². The normalized spacial score (nSPS) is 11.6. The molecule has 1 unspecified atom stereocenters. The first-order valence-electron chi connectivity index (χ1n) is 6.40. The summed E-state index contributed by atoms with van der Waals surface area (Å²) in [5.41, 5.74) is 0.330. The van der Waals surface area contributed by atoms with Gasteiger partial charge in [-0.05, 0) is 19.1 Å². The molecule has 21 heavy (non-hydrogen) atoms. The number of anilines is 1. The average molecular weight is 315 g/mol. The molecular formula is C13H19ClN4O3. The summed E-state index contributed by atoms with van der Waals surface area (Å²) < 4.78 is 4.83. The van der Waals surface area contributed by atoms with Crippen molar-refractivity contribution in [3.8, 4) is 0 Å². The second kappa shape index (κ2) is 8.43. The maximum absolute atomic E-state index is 12.1. The van der Waals surface area contributed by atoms with Gasteiger partial charge in [-0.15, -0.1) is 0 Å². The van der Waals surface area contributed by atoms with Crippen molar-refractivity contribution in [2.45, 2.75) is 13.0 Å². The lowest BCUT2D eigenvalue weighted by Crippen LogP contribution is -2.45. The Kier molecular flexibility index (Phi) is 6.90. The van der Waals surface area contributed by atoms with Crippen LogP contribution in [0.25, 0.3) is 0 Å². The van der Waals surface area contributed by atoms with Gasteiger partial charge in [-0.2, -0.15) is 0 Å². The minimum Gasteiger partial charge on any atom is -0.383 e. The highest BCUT2D eigenvalue weighted by molar-refractivity contribution is 6.29. The summed E-state index contributed by atoms with van der Waals surface area (Å²) in [6.07, 6.45) is 0. The van der Waals surface area contributed by atoms with E-state index in [1.165, 1.54) is 6.07 Å². The first-order valence-corrected chi connectivity index (χ1v) is 6.78. The Bertz CT molecular complexity index is 510. The van der Waals surface area contributed by atoms with Gasteiger partial charge in [0.15, 0.2) is 0 Å². The lowest BCUT2D eigenvalue weighted by atomic mass is 10.2. The number of aromatic nitrogens is 1. The molecule has 0 saturated heterocycles. The number of rotatable bonds is 7. The van der Waals surface area contributed by atoms with Gasteiger partial charge in [0.2, 0.25) is 5.91 Å². The second-order valence-corrected chi connectivity index (χ2v) is 4.68. The van der Waals surface area contributed by atoms with Crippen LogP contribution in [0.2, 0.25) is 5.15 Å². The van der Waals surface area contributed by atoms with Crippen molar-refractivity contribution < 1.29 is 14.3 Å². The molecule has 116 valence electrons. The van der Waals surface area contributed by atoms with Gasteiger partial charge in [-0.1, -0.05) is 11.6 Å². The maximum atomic E-state index is 12.1. The third kappa shape index (κ3) is 5.57. The number of carbonyl (C=O) groups excluding carboxylic acids is 2. The van der Waals surface area contributed by atoms with Gasteiger partial charge in [0.25, 0.3) is 5.91 Å². The third-order valence-corrected chi connectivity index (χ3v) is 2.85. The van der Waals surface area contributed by atoms with Crippen LogP contribution >= 0.6 is 11.6 Å². The third-order valence-electron chi connectivity index (χ3n) is 2.66. The first kappa shape index (κ1) is 17.2. The monoisotopic (exact) mass is 314 g/mol. The fraction of sp³-hybridized carbons (Fsp3) is 0.462. The summed E-state index contributed by atoms with van der Waals surface area (Å²) >= 11 is 5.83. The minimum absolute atomic E-state index is 0.198. The lowest BCUT2D eigenvalue weighted by molar-refractivity contribution is -0.122. The van der Waals surface area contributed by atoms with Gasteiger partial charge >= 0.3 is 0 Å². The van der Waals surface area contributed by atoms with Crippen molar-refractivity contribution in [3.63, 3.8) is 0 Å². The van der Waals surface area contributed by atoms with Crippen LogP contribution in [0.15, 0.2) is 12.1 Å². The summed E-state index contributed by atoms with van der Waals surface area (Å²) in [5.74, 6) is -0.204. The molecular weight excluding hydrogens is 296 g/mol. The number of halogens is 1. The summed E-state index contributed by atoms with van der Waals surface area (Å²) in [4.78, 5) is 27.8. The molecule has 0 aliphatic carbocycles. The fourth-order valence-electron chi connectivity index (χ4n) is 1.53. The van der Waals surface area contributed by atoms with Crippen molar-refractivity contribution in [1.82, 2.24) is 15.6 Å². The van der Waals surface area contributed by atoms with Crippen molar-refractivity contribution in [2.75, 3.05) is 32.6 Å². The Labute approximate surface area is 128 Å². The molecule has 0 radical (unpaired) electrons. The van der Waals surface area contributed by atoms with Gasteiger partial charge in [0, 0.05) is 26.3 Å². The highest BCUT2D eigenvalue weighted by Gasteiger charge is 2.17. The molecule has 7 nitrogen and oxygen atoms in total. The fourth-order valence-corrected chi connectivity index (χ4v) is 1.74. The molecule has 0 bridgehead atoms. The van der Waals surface area contributed by atoms with E-state index in [0.29, 0.717) is 24.5 Å². The predicted octanol–water partition coefficient (Wildman–Crippen LogP) is 0.658. The van der Waals surface area contributed by atoms with Crippen molar-refractivity contribution in [3.05, 3.63) is 22.8 Å². The predicted molar refractivity (Wildman–Crippen MR) is 80.6 cm³/mol. The van der Waals surface area contributed by atoms with Crippen LogP contribution in [0.4, 0.5) is 5.82 Å². The molecule has 1 rings (SSSR count). The standard InChI is InChI=1S/C13H19ClN4O3/c1-8(12(19)16-4-5-21-3)17-13(20)9-6-10(14)18-11(7-9)15-2/h6-8H,4-5H2,1-3H3,(H,15,18)(H,16,19)(H,17,20). The molecule has 1 aromatic rings. The van der Waals surface area contributed by atoms with Gasteiger partial charge in [-0.3, -0.25) is 9.59 Å². The van der Waals surface area contributed by atoms with Gasteiger partial charge in [-0.25, -0.2) is 4.98 Å². The Balaban J connectivity index is 2.63. The van der Waals surface area contributed by atoms with E-state index in [1.807, 2.05) is 0 Å². The number of nitrogens with one attached hydrogen (secondary N) is 3. The Hall–Kier alpha value is -1.86. The SMILES string of the molecule is CNc1cc(C(=O)NC(C)C(=O)NCCOC)cc(Cl)n1. The van der Waals surface area contributed by atoms with E-state index in [0.717, 1.165) is 0 Å². The van der Waals surface area contributed by atoms with E-state index in [2.05, 4.69) is 20.9 Å². The Morgan fingerprint density at radius 3 is 2.76 bits per heavy atom. The number of ether oxygens (including phenoxy) is 1. The van der Waals surface area contributed by atoms with Crippen molar-refractivity contribution in [2.24, 2.45) is 0 Å². The number of carbonyl (C=O) groups is 2. The van der Waals surface area contributed by atoms with Crippen LogP contribution < -0.4 is 16.0 Å². The topological polar surface area (TPSA) is 92.4 Å². The maximum Gasteiger partial charge on any atom is 0.252 e. The molecule has 1 atom stereocenters. The van der Waals surface area contributed by atoms with Crippen LogP contribution in [0, 0.1) is 0 Å². The number of nitrogens with zero attached hydrogens (tertiary/aromatic N) is 1. The van der Waals surface area contributed by atoms with E-state index < -0.39 is 11.9 Å². The zero-order chi connectivity index (χ0) is 15.8. The van der Waals surface area contributed by atoms with E-state index >= 15 is 0 Å². The molecule has 2 amide bonds. The molecule has 0 saturated carbocycles. The largest absolute Gasteiger partial charge is 0.383 e. The number of hydrogen-bond donors (Lipinski definition) is 3.